The number of aryl methyl sites for hydroxylation is 1. The Morgan fingerprint density at radius 1 is 1.50 bits per heavy atom. The molecule has 1 aromatic rings. The summed E-state index contributed by atoms with van der Waals surface area (Å²) in [7, 11) is 3.24. The summed E-state index contributed by atoms with van der Waals surface area (Å²) >= 11 is 0. The molecule has 20 heavy (non-hydrogen) atoms. The minimum absolute atomic E-state index is 0.189. The lowest BCUT2D eigenvalue weighted by atomic mass is 9.96. The van der Waals surface area contributed by atoms with E-state index in [1.54, 1.807) is 7.05 Å². The van der Waals surface area contributed by atoms with Crippen LogP contribution in [0.1, 0.15) is 25.3 Å². The van der Waals surface area contributed by atoms with E-state index < -0.39 is 0 Å². The van der Waals surface area contributed by atoms with Crippen molar-refractivity contribution in [3.05, 3.63) is 29.8 Å². The smallest absolute Gasteiger partial charge is 0.322 e. The molecule has 1 aliphatic rings. The van der Waals surface area contributed by atoms with Crippen LogP contribution in [0.3, 0.4) is 0 Å². The van der Waals surface area contributed by atoms with Gasteiger partial charge in [0.2, 0.25) is 0 Å². The third kappa shape index (κ3) is 3.12. The number of rotatable bonds is 5. The van der Waals surface area contributed by atoms with Gasteiger partial charge in [-0.05, 0) is 44.9 Å². The standard InChI is InChI=1S/C16H24N2O2/c1-12-8-9-13-6-4-5-7-15(13)18(12)11-10-14(17-2)16(19)20-3/h4-7,12,14,17H,8-11H2,1-3H3. The molecule has 1 N–H and O–H groups in total. The molecule has 0 fully saturated rings. The number of methoxy groups -OCH3 is 1. The van der Waals surface area contributed by atoms with Crippen LogP contribution in [0.2, 0.25) is 0 Å². The van der Waals surface area contributed by atoms with Crippen LogP contribution >= 0.6 is 0 Å². The first-order chi connectivity index (χ1) is 9.67. The van der Waals surface area contributed by atoms with Gasteiger partial charge in [-0.15, -0.1) is 0 Å². The zero-order chi connectivity index (χ0) is 14.5. The van der Waals surface area contributed by atoms with Gasteiger partial charge < -0.3 is 15.0 Å². The summed E-state index contributed by atoms with van der Waals surface area (Å²) in [6.07, 6.45) is 3.06. The summed E-state index contributed by atoms with van der Waals surface area (Å²) < 4.78 is 4.82. The summed E-state index contributed by atoms with van der Waals surface area (Å²) in [6.45, 7) is 3.11. The summed E-state index contributed by atoms with van der Waals surface area (Å²) in [4.78, 5) is 14.0. The molecule has 110 valence electrons. The number of fused-ring (bicyclic) bond motifs is 1. The number of para-hydroxylation sites is 1. The number of carbonyl (C=O) groups excluding carboxylic acids is 1. The number of carbonyl (C=O) groups is 1. The molecule has 0 radical (unpaired) electrons. The van der Waals surface area contributed by atoms with E-state index in [0.29, 0.717) is 6.04 Å². The Morgan fingerprint density at radius 3 is 2.95 bits per heavy atom. The van der Waals surface area contributed by atoms with Crippen molar-refractivity contribution >= 4 is 11.7 Å². The molecule has 1 aromatic carbocycles. The number of benzene rings is 1. The molecular weight excluding hydrogens is 252 g/mol. The fourth-order valence-electron chi connectivity index (χ4n) is 2.89. The van der Waals surface area contributed by atoms with E-state index in [1.165, 1.54) is 24.8 Å². The number of anilines is 1. The van der Waals surface area contributed by atoms with E-state index in [0.717, 1.165) is 19.4 Å². The van der Waals surface area contributed by atoms with Crippen LogP contribution in [0.25, 0.3) is 0 Å². The summed E-state index contributed by atoms with van der Waals surface area (Å²) in [5.41, 5.74) is 2.72. The average molecular weight is 276 g/mol. The molecule has 2 unspecified atom stereocenters. The molecule has 1 aliphatic heterocycles. The zero-order valence-corrected chi connectivity index (χ0v) is 12.6. The molecule has 0 bridgehead atoms. The zero-order valence-electron chi connectivity index (χ0n) is 12.6. The van der Waals surface area contributed by atoms with Gasteiger partial charge in [-0.3, -0.25) is 4.79 Å². The van der Waals surface area contributed by atoms with Crippen LogP contribution in [-0.4, -0.2) is 38.8 Å². The maximum absolute atomic E-state index is 11.6. The van der Waals surface area contributed by atoms with Gasteiger partial charge >= 0.3 is 5.97 Å². The third-order valence-corrected chi connectivity index (χ3v) is 4.16. The monoisotopic (exact) mass is 276 g/mol. The average Bonchev–Trinajstić information content (AvgIpc) is 2.49. The molecule has 0 aromatic heterocycles. The Hall–Kier alpha value is -1.55. The van der Waals surface area contributed by atoms with E-state index in [1.807, 2.05) is 0 Å². The summed E-state index contributed by atoms with van der Waals surface area (Å²) in [5, 5.41) is 3.03. The Kier molecular flexibility index (Phi) is 5.01. The van der Waals surface area contributed by atoms with Gasteiger partial charge in [0.05, 0.1) is 7.11 Å². The number of nitrogens with zero attached hydrogens (tertiary/aromatic N) is 1. The van der Waals surface area contributed by atoms with E-state index in [2.05, 4.69) is 41.4 Å². The highest BCUT2D eigenvalue weighted by molar-refractivity contribution is 5.75. The van der Waals surface area contributed by atoms with Crippen molar-refractivity contribution in [2.45, 2.75) is 38.3 Å². The lowest BCUT2D eigenvalue weighted by molar-refractivity contribution is -0.143. The van der Waals surface area contributed by atoms with Crippen molar-refractivity contribution in [2.24, 2.45) is 0 Å². The molecule has 4 nitrogen and oxygen atoms in total. The van der Waals surface area contributed by atoms with Crippen molar-refractivity contribution in [1.82, 2.24) is 5.32 Å². The Labute approximate surface area is 121 Å². The Morgan fingerprint density at radius 2 is 2.25 bits per heavy atom. The van der Waals surface area contributed by atoms with Crippen LogP contribution in [0.4, 0.5) is 5.69 Å². The van der Waals surface area contributed by atoms with Gasteiger partial charge in [-0.25, -0.2) is 0 Å². The maximum Gasteiger partial charge on any atom is 0.322 e. The van der Waals surface area contributed by atoms with Crippen molar-refractivity contribution < 1.29 is 9.53 Å². The number of likely N-dealkylation sites (N-methyl/N-ethyl adjacent to an activating group) is 1. The van der Waals surface area contributed by atoms with Crippen molar-refractivity contribution in [3.63, 3.8) is 0 Å². The van der Waals surface area contributed by atoms with Gasteiger partial charge in [0.15, 0.2) is 0 Å². The second kappa shape index (κ2) is 6.75. The highest BCUT2D eigenvalue weighted by atomic mass is 16.5. The summed E-state index contributed by atoms with van der Waals surface area (Å²) in [5.74, 6) is -0.189. The first kappa shape index (κ1) is 14.9. The minimum Gasteiger partial charge on any atom is -0.468 e. The van der Waals surface area contributed by atoms with Gasteiger partial charge in [-0.2, -0.15) is 0 Å². The van der Waals surface area contributed by atoms with Crippen molar-refractivity contribution in [2.75, 3.05) is 25.6 Å². The van der Waals surface area contributed by atoms with Crippen LogP contribution in [0.15, 0.2) is 24.3 Å². The second-order valence-corrected chi connectivity index (χ2v) is 5.36. The van der Waals surface area contributed by atoms with E-state index >= 15 is 0 Å². The van der Waals surface area contributed by atoms with E-state index in [-0.39, 0.29) is 12.0 Å². The fraction of sp³-hybridized carbons (Fsp3) is 0.562. The maximum atomic E-state index is 11.6. The first-order valence-electron chi connectivity index (χ1n) is 7.27. The highest BCUT2D eigenvalue weighted by Crippen LogP contribution is 2.30. The normalized spacial score (nSPS) is 19.4. The SMILES string of the molecule is CNC(CCN1c2ccccc2CCC1C)C(=O)OC. The molecule has 0 saturated heterocycles. The molecule has 0 amide bonds. The topological polar surface area (TPSA) is 41.6 Å². The largest absolute Gasteiger partial charge is 0.468 e. The quantitative estimate of drug-likeness (QED) is 0.835. The fourth-order valence-corrected chi connectivity index (χ4v) is 2.89. The van der Waals surface area contributed by atoms with Gasteiger partial charge in [0, 0.05) is 18.3 Å². The third-order valence-electron chi connectivity index (χ3n) is 4.16. The highest BCUT2D eigenvalue weighted by Gasteiger charge is 2.24. The minimum atomic E-state index is -0.235. The second-order valence-electron chi connectivity index (χ2n) is 5.36. The van der Waals surface area contributed by atoms with Crippen LogP contribution in [0, 0.1) is 0 Å². The number of esters is 1. The lowest BCUT2D eigenvalue weighted by Crippen LogP contribution is -2.43. The van der Waals surface area contributed by atoms with Crippen LogP contribution in [-0.2, 0) is 16.0 Å². The molecule has 4 heteroatoms. The predicted molar refractivity (Wildman–Crippen MR) is 81.1 cm³/mol. The van der Waals surface area contributed by atoms with E-state index in [4.69, 9.17) is 4.74 Å². The van der Waals surface area contributed by atoms with Crippen LogP contribution < -0.4 is 10.2 Å². The molecule has 1 heterocycles. The molecule has 2 rings (SSSR count). The van der Waals surface area contributed by atoms with Gasteiger partial charge in [-0.1, -0.05) is 18.2 Å². The number of ether oxygens (including phenoxy) is 1. The molecular formula is C16H24N2O2. The number of nitrogens with one attached hydrogen (secondary N) is 1. The van der Waals surface area contributed by atoms with Crippen LogP contribution in [0.5, 0.6) is 0 Å². The Bertz CT molecular complexity index is 462. The molecule has 0 spiro atoms. The molecule has 2 atom stereocenters. The number of hydrogen-bond donors (Lipinski definition) is 1. The number of hydrogen-bond acceptors (Lipinski definition) is 4. The Balaban J connectivity index is 2.07. The summed E-state index contributed by atoms with van der Waals surface area (Å²) in [6, 6.07) is 8.83. The van der Waals surface area contributed by atoms with E-state index in [9.17, 15) is 4.79 Å². The van der Waals surface area contributed by atoms with Crippen molar-refractivity contribution in [3.8, 4) is 0 Å². The van der Waals surface area contributed by atoms with Gasteiger partial charge in [0.1, 0.15) is 6.04 Å². The van der Waals surface area contributed by atoms with Crippen molar-refractivity contribution in [1.29, 1.82) is 0 Å². The van der Waals surface area contributed by atoms with Gasteiger partial charge in [0.25, 0.3) is 0 Å². The first-order valence-corrected chi connectivity index (χ1v) is 7.27. The molecule has 0 aliphatic carbocycles. The lowest BCUT2D eigenvalue weighted by Gasteiger charge is -2.37. The predicted octanol–water partition coefficient (Wildman–Crippen LogP) is 1.98. The molecule has 0 saturated carbocycles.